The Kier molecular flexibility index (Phi) is 4.36. The van der Waals surface area contributed by atoms with Crippen molar-refractivity contribution in [2.24, 2.45) is 0 Å². The van der Waals surface area contributed by atoms with E-state index in [0.29, 0.717) is 21.8 Å². The number of carbonyl (C=O) groups excluding carboxylic acids is 3. The van der Waals surface area contributed by atoms with Crippen molar-refractivity contribution in [1.82, 2.24) is 0 Å². The van der Waals surface area contributed by atoms with Gasteiger partial charge in [-0.15, -0.1) is 0 Å². The smallest absolute Gasteiger partial charge is 0.323 e. The van der Waals surface area contributed by atoms with Crippen LogP contribution in [0.25, 0.3) is 0 Å². The highest BCUT2D eigenvalue weighted by atomic mass is 35.5. The second-order valence-electron chi connectivity index (χ2n) is 5.23. The standard InChI is InChI=1S/C18H14ClNO4/c1-2-24-18(23)15-13-5-3-4-6-14(13)16(21)20(17(15)22)12-9-7-11(19)8-10-12/h3-10,15H,2H2,1H3. The highest BCUT2D eigenvalue weighted by Gasteiger charge is 2.44. The third-order valence-corrected chi connectivity index (χ3v) is 4.03. The van der Waals surface area contributed by atoms with Crippen molar-refractivity contribution in [1.29, 1.82) is 0 Å². The zero-order valence-electron chi connectivity index (χ0n) is 12.9. The van der Waals surface area contributed by atoms with Gasteiger partial charge in [0.15, 0.2) is 5.92 Å². The molecule has 3 rings (SSSR count). The molecule has 2 aromatic carbocycles. The number of carbonyl (C=O) groups is 3. The zero-order valence-corrected chi connectivity index (χ0v) is 13.6. The topological polar surface area (TPSA) is 63.7 Å². The van der Waals surface area contributed by atoms with Gasteiger partial charge in [-0.3, -0.25) is 14.4 Å². The van der Waals surface area contributed by atoms with Crippen LogP contribution in [0.4, 0.5) is 5.69 Å². The molecule has 1 aliphatic rings. The minimum Gasteiger partial charge on any atom is -0.465 e. The molecule has 1 heterocycles. The maximum Gasteiger partial charge on any atom is 0.323 e. The summed E-state index contributed by atoms with van der Waals surface area (Å²) in [4.78, 5) is 38.9. The Hall–Kier alpha value is -2.66. The third kappa shape index (κ3) is 2.67. The summed E-state index contributed by atoms with van der Waals surface area (Å²) in [6, 6.07) is 12.9. The van der Waals surface area contributed by atoms with Gasteiger partial charge in [-0.2, -0.15) is 0 Å². The molecule has 0 N–H and O–H groups in total. The molecule has 5 nitrogen and oxygen atoms in total. The first-order valence-corrected chi connectivity index (χ1v) is 7.81. The van der Waals surface area contributed by atoms with E-state index in [1.165, 1.54) is 0 Å². The van der Waals surface area contributed by atoms with E-state index >= 15 is 0 Å². The van der Waals surface area contributed by atoms with E-state index in [2.05, 4.69) is 0 Å². The third-order valence-electron chi connectivity index (χ3n) is 3.78. The zero-order chi connectivity index (χ0) is 17.3. The average Bonchev–Trinajstić information content (AvgIpc) is 2.57. The van der Waals surface area contributed by atoms with Gasteiger partial charge < -0.3 is 4.74 Å². The van der Waals surface area contributed by atoms with Crippen molar-refractivity contribution in [3.8, 4) is 0 Å². The number of ether oxygens (including phenoxy) is 1. The molecular formula is C18H14ClNO4. The van der Waals surface area contributed by atoms with Gasteiger partial charge in [-0.05, 0) is 42.8 Å². The molecule has 0 saturated heterocycles. The Bertz CT molecular complexity index is 816. The number of esters is 1. The number of hydrogen-bond acceptors (Lipinski definition) is 4. The Labute approximate surface area is 143 Å². The lowest BCUT2D eigenvalue weighted by Crippen LogP contribution is -2.47. The van der Waals surface area contributed by atoms with Gasteiger partial charge in [0.2, 0.25) is 0 Å². The van der Waals surface area contributed by atoms with E-state index < -0.39 is 23.7 Å². The number of halogens is 1. The number of imide groups is 1. The number of hydrogen-bond donors (Lipinski definition) is 0. The van der Waals surface area contributed by atoms with Crippen molar-refractivity contribution < 1.29 is 19.1 Å². The summed E-state index contributed by atoms with van der Waals surface area (Å²) in [6.45, 7) is 1.82. The van der Waals surface area contributed by atoms with Crippen LogP contribution < -0.4 is 4.90 Å². The van der Waals surface area contributed by atoms with Gasteiger partial charge in [0.05, 0.1) is 12.3 Å². The van der Waals surface area contributed by atoms with E-state index in [4.69, 9.17) is 16.3 Å². The molecule has 1 unspecified atom stereocenters. The molecule has 0 aromatic heterocycles. The summed E-state index contributed by atoms with van der Waals surface area (Å²) in [5.74, 6) is -2.92. The molecule has 1 atom stereocenters. The lowest BCUT2D eigenvalue weighted by Gasteiger charge is -2.31. The van der Waals surface area contributed by atoms with Crippen LogP contribution in [0.15, 0.2) is 48.5 Å². The molecule has 0 radical (unpaired) electrons. The van der Waals surface area contributed by atoms with Crippen molar-refractivity contribution in [3.05, 3.63) is 64.7 Å². The Balaban J connectivity index is 2.13. The molecule has 0 aliphatic carbocycles. The first-order valence-electron chi connectivity index (χ1n) is 7.44. The SMILES string of the molecule is CCOC(=O)C1C(=O)N(c2ccc(Cl)cc2)C(=O)c2ccccc21. The fourth-order valence-corrected chi connectivity index (χ4v) is 2.84. The number of amides is 2. The van der Waals surface area contributed by atoms with E-state index in [0.717, 1.165) is 4.90 Å². The van der Waals surface area contributed by atoms with Crippen LogP contribution >= 0.6 is 11.6 Å². The van der Waals surface area contributed by atoms with Crippen molar-refractivity contribution >= 4 is 35.1 Å². The number of nitrogens with zero attached hydrogens (tertiary/aromatic N) is 1. The van der Waals surface area contributed by atoms with Gasteiger partial charge in [0.25, 0.3) is 11.8 Å². The molecule has 2 amide bonds. The summed E-state index contributed by atoms with van der Waals surface area (Å²) in [7, 11) is 0. The Morgan fingerprint density at radius 1 is 1.12 bits per heavy atom. The highest BCUT2D eigenvalue weighted by Crippen LogP contribution is 2.33. The summed E-state index contributed by atoms with van der Waals surface area (Å²) < 4.78 is 5.03. The first kappa shape index (κ1) is 16.2. The molecule has 24 heavy (non-hydrogen) atoms. The van der Waals surface area contributed by atoms with Crippen LogP contribution in [-0.4, -0.2) is 24.4 Å². The monoisotopic (exact) mass is 343 g/mol. The molecular weight excluding hydrogens is 330 g/mol. The maximum atomic E-state index is 12.9. The lowest BCUT2D eigenvalue weighted by molar-refractivity contribution is -0.147. The summed E-state index contributed by atoms with van der Waals surface area (Å²) in [5.41, 5.74) is 1.04. The maximum absolute atomic E-state index is 12.9. The van der Waals surface area contributed by atoms with E-state index in [9.17, 15) is 14.4 Å². The van der Waals surface area contributed by atoms with Crippen LogP contribution in [0.2, 0.25) is 5.02 Å². The predicted molar refractivity (Wildman–Crippen MR) is 89.1 cm³/mol. The highest BCUT2D eigenvalue weighted by molar-refractivity contribution is 6.32. The van der Waals surface area contributed by atoms with Crippen LogP contribution in [0, 0.1) is 0 Å². The Morgan fingerprint density at radius 3 is 2.46 bits per heavy atom. The second kappa shape index (κ2) is 6.45. The van der Waals surface area contributed by atoms with Crippen molar-refractivity contribution in [2.45, 2.75) is 12.8 Å². The van der Waals surface area contributed by atoms with E-state index in [1.54, 1.807) is 55.5 Å². The molecule has 1 aliphatic heterocycles. The molecule has 0 fully saturated rings. The van der Waals surface area contributed by atoms with Crippen LogP contribution in [0.1, 0.15) is 28.8 Å². The predicted octanol–water partition coefficient (Wildman–Crippen LogP) is 3.17. The number of rotatable bonds is 3. The van der Waals surface area contributed by atoms with Crippen molar-refractivity contribution in [3.63, 3.8) is 0 Å². The largest absolute Gasteiger partial charge is 0.465 e. The van der Waals surface area contributed by atoms with Crippen LogP contribution in [0.5, 0.6) is 0 Å². The number of anilines is 1. The Morgan fingerprint density at radius 2 is 1.79 bits per heavy atom. The molecule has 2 aromatic rings. The number of benzene rings is 2. The van der Waals surface area contributed by atoms with Gasteiger partial charge >= 0.3 is 5.97 Å². The lowest BCUT2D eigenvalue weighted by atomic mass is 9.88. The van der Waals surface area contributed by atoms with Gasteiger partial charge in [-0.1, -0.05) is 29.8 Å². The van der Waals surface area contributed by atoms with Crippen LogP contribution in [-0.2, 0) is 14.3 Å². The summed E-state index contributed by atoms with van der Waals surface area (Å²) in [6.07, 6.45) is 0. The number of fused-ring (bicyclic) bond motifs is 1. The minimum absolute atomic E-state index is 0.152. The fraction of sp³-hybridized carbons (Fsp3) is 0.167. The molecule has 6 heteroatoms. The van der Waals surface area contributed by atoms with E-state index in [-0.39, 0.29) is 6.61 Å². The minimum atomic E-state index is -1.16. The van der Waals surface area contributed by atoms with Crippen molar-refractivity contribution in [2.75, 3.05) is 11.5 Å². The fourth-order valence-electron chi connectivity index (χ4n) is 2.71. The van der Waals surface area contributed by atoms with Crippen LogP contribution in [0.3, 0.4) is 0 Å². The first-order chi connectivity index (χ1) is 11.5. The quantitative estimate of drug-likeness (QED) is 0.488. The molecule has 0 saturated carbocycles. The van der Waals surface area contributed by atoms with Gasteiger partial charge in [-0.25, -0.2) is 4.90 Å². The molecule has 0 spiro atoms. The normalized spacial score (nSPS) is 16.8. The molecule has 0 bridgehead atoms. The van der Waals surface area contributed by atoms with Gasteiger partial charge in [0.1, 0.15) is 0 Å². The van der Waals surface area contributed by atoms with E-state index in [1.807, 2.05) is 0 Å². The second-order valence-corrected chi connectivity index (χ2v) is 5.66. The average molecular weight is 344 g/mol. The summed E-state index contributed by atoms with van der Waals surface area (Å²) in [5, 5.41) is 0.484. The molecule has 122 valence electrons. The van der Waals surface area contributed by atoms with Gasteiger partial charge in [0, 0.05) is 10.6 Å². The summed E-state index contributed by atoms with van der Waals surface area (Å²) >= 11 is 5.86.